The fraction of sp³-hybridized carbons (Fsp3) is 0.429. The zero-order chi connectivity index (χ0) is 20.4. The minimum absolute atomic E-state index is 0.175. The molecule has 0 saturated carbocycles. The van der Waals surface area contributed by atoms with Gasteiger partial charge in [-0.25, -0.2) is 8.42 Å². The molecular formula is C21H25N3O3S2. The normalized spacial score (nSPS) is 18.2. The van der Waals surface area contributed by atoms with Gasteiger partial charge in [0.15, 0.2) is 0 Å². The summed E-state index contributed by atoms with van der Waals surface area (Å²) < 4.78 is 33.6. The molecule has 4 rings (SSSR count). The summed E-state index contributed by atoms with van der Waals surface area (Å²) in [6.45, 7) is 5.11. The van der Waals surface area contributed by atoms with Crippen molar-refractivity contribution in [1.29, 1.82) is 0 Å². The molecule has 0 N–H and O–H groups in total. The van der Waals surface area contributed by atoms with Gasteiger partial charge >= 0.3 is 0 Å². The van der Waals surface area contributed by atoms with Crippen molar-refractivity contribution >= 4 is 21.4 Å². The van der Waals surface area contributed by atoms with Crippen LogP contribution >= 0.6 is 11.3 Å². The Morgan fingerprint density at radius 1 is 1.24 bits per heavy atom. The Bertz CT molecular complexity index is 1090. The number of sulfonamides is 1. The van der Waals surface area contributed by atoms with Gasteiger partial charge in [0.2, 0.25) is 11.7 Å². The number of aryl methyl sites for hydroxylation is 2. The van der Waals surface area contributed by atoms with Gasteiger partial charge < -0.3 is 4.52 Å². The van der Waals surface area contributed by atoms with E-state index in [1.807, 2.05) is 44.2 Å². The van der Waals surface area contributed by atoms with Crippen LogP contribution in [0.25, 0.3) is 11.4 Å². The van der Waals surface area contributed by atoms with E-state index in [1.54, 1.807) is 10.4 Å². The number of nitrogens with zero attached hydrogens (tertiary/aromatic N) is 3. The van der Waals surface area contributed by atoms with Crippen molar-refractivity contribution < 1.29 is 12.9 Å². The first-order valence-electron chi connectivity index (χ1n) is 9.95. The Morgan fingerprint density at radius 3 is 2.83 bits per heavy atom. The fourth-order valence-corrected chi connectivity index (χ4v) is 6.75. The van der Waals surface area contributed by atoms with Crippen LogP contribution in [-0.2, 0) is 22.9 Å². The highest BCUT2D eigenvalue weighted by molar-refractivity contribution is 7.91. The second-order valence-electron chi connectivity index (χ2n) is 7.48. The molecule has 0 aliphatic carbocycles. The smallest absolute Gasteiger partial charge is 0.252 e. The average Bonchev–Trinajstić information content (AvgIpc) is 3.38. The van der Waals surface area contributed by atoms with Crippen LogP contribution in [0.4, 0.5) is 0 Å². The first-order valence-corrected chi connectivity index (χ1v) is 12.2. The van der Waals surface area contributed by atoms with E-state index in [9.17, 15) is 8.42 Å². The average molecular weight is 432 g/mol. The van der Waals surface area contributed by atoms with Crippen LogP contribution in [0.15, 0.2) is 45.1 Å². The monoisotopic (exact) mass is 431 g/mol. The van der Waals surface area contributed by atoms with Gasteiger partial charge in [0, 0.05) is 30.0 Å². The lowest BCUT2D eigenvalue weighted by molar-refractivity contribution is 0.247. The quantitative estimate of drug-likeness (QED) is 0.581. The molecule has 1 fully saturated rings. The van der Waals surface area contributed by atoms with Crippen molar-refractivity contribution in [3.63, 3.8) is 0 Å². The molecule has 2 aromatic heterocycles. The summed E-state index contributed by atoms with van der Waals surface area (Å²) in [6.07, 6.45) is 3.24. The second-order valence-corrected chi connectivity index (χ2v) is 10.8. The third kappa shape index (κ3) is 4.29. The van der Waals surface area contributed by atoms with Crippen LogP contribution in [0.5, 0.6) is 0 Å². The van der Waals surface area contributed by atoms with Crippen molar-refractivity contribution in [2.75, 3.05) is 13.1 Å². The maximum atomic E-state index is 13.0. The van der Waals surface area contributed by atoms with Crippen LogP contribution < -0.4 is 0 Å². The summed E-state index contributed by atoms with van der Waals surface area (Å²) >= 11 is 1.37. The Labute approximate surface area is 175 Å². The minimum atomic E-state index is -3.43. The molecule has 0 amide bonds. The van der Waals surface area contributed by atoms with Gasteiger partial charge in [0.1, 0.15) is 4.21 Å². The predicted octanol–water partition coefficient (Wildman–Crippen LogP) is 4.31. The van der Waals surface area contributed by atoms with E-state index < -0.39 is 10.0 Å². The van der Waals surface area contributed by atoms with E-state index in [1.165, 1.54) is 11.3 Å². The zero-order valence-corrected chi connectivity index (χ0v) is 18.3. The Balaban J connectivity index is 1.46. The summed E-state index contributed by atoms with van der Waals surface area (Å²) in [5.74, 6) is 1.33. The Kier molecular flexibility index (Phi) is 5.85. The van der Waals surface area contributed by atoms with Gasteiger partial charge in [0.25, 0.3) is 10.0 Å². The number of hydrogen-bond donors (Lipinski definition) is 0. The van der Waals surface area contributed by atoms with Gasteiger partial charge in [-0.05, 0) is 49.8 Å². The molecule has 1 aliphatic rings. The second kappa shape index (κ2) is 8.38. The lowest BCUT2D eigenvalue weighted by atomic mass is 9.96. The van der Waals surface area contributed by atoms with Gasteiger partial charge in [-0.1, -0.05) is 36.3 Å². The molecule has 8 heteroatoms. The van der Waals surface area contributed by atoms with Crippen LogP contribution in [0, 0.1) is 12.8 Å². The summed E-state index contributed by atoms with van der Waals surface area (Å²) in [4.78, 5) is 5.64. The largest absolute Gasteiger partial charge is 0.339 e. The maximum Gasteiger partial charge on any atom is 0.252 e. The van der Waals surface area contributed by atoms with E-state index >= 15 is 0 Å². The highest BCUT2D eigenvalue weighted by Gasteiger charge is 2.32. The van der Waals surface area contributed by atoms with Crippen LogP contribution in [-0.4, -0.2) is 36.0 Å². The molecule has 1 atom stereocenters. The van der Waals surface area contributed by atoms with Gasteiger partial charge in [0.05, 0.1) is 0 Å². The summed E-state index contributed by atoms with van der Waals surface area (Å²) in [7, 11) is -3.43. The van der Waals surface area contributed by atoms with E-state index in [4.69, 9.17) is 4.52 Å². The molecule has 3 heterocycles. The number of rotatable bonds is 6. The molecule has 0 spiro atoms. The molecule has 1 aromatic carbocycles. The van der Waals surface area contributed by atoms with Gasteiger partial charge in [-0.3, -0.25) is 0 Å². The van der Waals surface area contributed by atoms with Crippen molar-refractivity contribution in [2.24, 2.45) is 5.92 Å². The molecule has 3 aromatic rings. The highest BCUT2D eigenvalue weighted by atomic mass is 32.2. The molecule has 154 valence electrons. The molecule has 0 bridgehead atoms. The first kappa shape index (κ1) is 20.3. The Hall–Kier alpha value is -2.03. The lowest BCUT2D eigenvalue weighted by Crippen LogP contribution is -2.40. The van der Waals surface area contributed by atoms with Crippen LogP contribution in [0.3, 0.4) is 0 Å². The van der Waals surface area contributed by atoms with Crippen molar-refractivity contribution in [2.45, 2.75) is 43.7 Å². The number of piperidine rings is 1. The first-order chi connectivity index (χ1) is 14.0. The molecule has 0 radical (unpaired) electrons. The van der Waals surface area contributed by atoms with E-state index in [2.05, 4.69) is 10.1 Å². The van der Waals surface area contributed by atoms with Crippen molar-refractivity contribution in [3.8, 4) is 11.4 Å². The van der Waals surface area contributed by atoms with E-state index in [0.29, 0.717) is 35.4 Å². The highest BCUT2D eigenvalue weighted by Crippen LogP contribution is 2.30. The maximum absolute atomic E-state index is 13.0. The fourth-order valence-electron chi connectivity index (χ4n) is 3.74. The molecule has 1 saturated heterocycles. The number of hydrogen-bond acceptors (Lipinski definition) is 6. The SMILES string of the molecule is CCc1ccc(S(=O)(=O)N2CCCC(Cc3nc(-c4ccccc4C)no3)C2)s1. The number of aromatic nitrogens is 2. The molecule has 29 heavy (non-hydrogen) atoms. The number of thiophene rings is 1. The summed E-state index contributed by atoms with van der Waals surface area (Å²) in [5.41, 5.74) is 2.05. The minimum Gasteiger partial charge on any atom is -0.339 e. The molecule has 1 unspecified atom stereocenters. The number of benzene rings is 1. The van der Waals surface area contributed by atoms with E-state index in [0.717, 1.165) is 35.3 Å². The van der Waals surface area contributed by atoms with Crippen LogP contribution in [0.1, 0.15) is 36.1 Å². The third-order valence-corrected chi connectivity index (χ3v) is 8.94. The molecular weight excluding hydrogens is 406 g/mol. The summed E-state index contributed by atoms with van der Waals surface area (Å²) in [5, 5.41) is 4.12. The lowest BCUT2D eigenvalue weighted by Gasteiger charge is -2.30. The van der Waals surface area contributed by atoms with Crippen LogP contribution in [0.2, 0.25) is 0 Å². The van der Waals surface area contributed by atoms with Crippen molar-refractivity contribution in [1.82, 2.24) is 14.4 Å². The topological polar surface area (TPSA) is 76.3 Å². The zero-order valence-electron chi connectivity index (χ0n) is 16.7. The van der Waals surface area contributed by atoms with Gasteiger partial charge in [-0.2, -0.15) is 9.29 Å². The third-order valence-electron chi connectivity index (χ3n) is 5.38. The Morgan fingerprint density at radius 2 is 2.07 bits per heavy atom. The summed E-state index contributed by atoms with van der Waals surface area (Å²) in [6, 6.07) is 11.6. The van der Waals surface area contributed by atoms with Gasteiger partial charge in [-0.15, -0.1) is 11.3 Å². The standard InChI is InChI=1S/C21H25N3O3S2/c1-3-17-10-11-20(28-17)29(25,26)24-12-6-8-16(14-24)13-19-22-21(23-27-19)18-9-5-4-7-15(18)2/h4-5,7,9-11,16H,3,6,8,12-14H2,1-2H3. The molecule has 1 aliphatic heterocycles. The molecule has 6 nitrogen and oxygen atoms in total. The van der Waals surface area contributed by atoms with E-state index in [-0.39, 0.29) is 5.92 Å². The van der Waals surface area contributed by atoms with Crippen molar-refractivity contribution in [3.05, 3.63) is 52.7 Å². The predicted molar refractivity (Wildman–Crippen MR) is 113 cm³/mol.